The summed E-state index contributed by atoms with van der Waals surface area (Å²) in [6, 6.07) is 8.92. The van der Waals surface area contributed by atoms with Gasteiger partial charge in [-0.15, -0.1) is 5.10 Å². The fraction of sp³-hybridized carbons (Fsp3) is 0.250. The number of nitrogens with two attached hydrogens (primary N) is 1. The summed E-state index contributed by atoms with van der Waals surface area (Å²) in [5.41, 5.74) is 8.66. The van der Waals surface area contributed by atoms with Crippen LogP contribution in [0.3, 0.4) is 0 Å². The maximum atomic E-state index is 9.76. The molecule has 1 aliphatic rings. The molecule has 0 fully saturated rings. The zero-order valence-electron chi connectivity index (χ0n) is 12.3. The summed E-state index contributed by atoms with van der Waals surface area (Å²) in [4.78, 5) is 0. The van der Waals surface area contributed by atoms with Gasteiger partial charge in [0.1, 0.15) is 17.4 Å². The molecule has 0 radical (unpaired) electrons. The zero-order valence-corrected chi connectivity index (χ0v) is 12.3. The Hall–Kier alpha value is -2.94. The van der Waals surface area contributed by atoms with Crippen molar-refractivity contribution in [3.63, 3.8) is 0 Å². The molecule has 0 aliphatic carbocycles. The van der Waals surface area contributed by atoms with Crippen LogP contribution in [0.5, 0.6) is 11.6 Å². The quantitative estimate of drug-likeness (QED) is 0.789. The van der Waals surface area contributed by atoms with E-state index in [1.165, 1.54) is 0 Å². The third-order valence-corrected chi connectivity index (χ3v) is 3.75. The van der Waals surface area contributed by atoms with Gasteiger partial charge in [-0.1, -0.05) is 26.0 Å². The lowest BCUT2D eigenvalue weighted by Crippen LogP contribution is -2.21. The van der Waals surface area contributed by atoms with Gasteiger partial charge in [0.05, 0.1) is 11.5 Å². The molecule has 0 spiro atoms. The second-order valence-electron chi connectivity index (χ2n) is 5.53. The number of nitrogens with zero attached hydrogens (tertiary/aromatic N) is 2. The third-order valence-electron chi connectivity index (χ3n) is 3.75. The Labute approximate surface area is 127 Å². The molecule has 0 saturated heterocycles. The van der Waals surface area contributed by atoms with Crippen molar-refractivity contribution in [1.82, 2.24) is 10.2 Å². The molecule has 4 N–H and O–H groups in total. The van der Waals surface area contributed by atoms with Crippen molar-refractivity contribution in [2.24, 2.45) is 5.73 Å². The molecule has 1 aromatic carbocycles. The van der Waals surface area contributed by atoms with Crippen LogP contribution >= 0.6 is 0 Å². The highest BCUT2D eigenvalue weighted by molar-refractivity contribution is 5.56. The number of ether oxygens (including phenoxy) is 1. The summed E-state index contributed by atoms with van der Waals surface area (Å²) in [5, 5.41) is 26.4. The molecule has 22 heavy (non-hydrogen) atoms. The van der Waals surface area contributed by atoms with Crippen molar-refractivity contribution in [1.29, 1.82) is 5.26 Å². The molecule has 3 rings (SSSR count). The van der Waals surface area contributed by atoms with Crippen LogP contribution in [0.2, 0.25) is 0 Å². The van der Waals surface area contributed by atoms with Gasteiger partial charge in [-0.2, -0.15) is 5.26 Å². The normalized spacial score (nSPS) is 17.1. The minimum absolute atomic E-state index is 0.0464. The number of nitriles is 1. The van der Waals surface area contributed by atoms with E-state index in [9.17, 15) is 10.4 Å². The smallest absolute Gasteiger partial charge is 0.244 e. The van der Waals surface area contributed by atoms with Crippen LogP contribution in [0.4, 0.5) is 0 Å². The van der Waals surface area contributed by atoms with E-state index in [0.717, 1.165) is 16.8 Å². The third kappa shape index (κ3) is 2.07. The SMILES string of the molecule is CC(C)c1[nH]nc2c1C(c1cccc(O)c1)C(C#N)=C(N)O2. The number of aromatic nitrogens is 2. The predicted molar refractivity (Wildman–Crippen MR) is 80.1 cm³/mol. The maximum Gasteiger partial charge on any atom is 0.244 e. The van der Waals surface area contributed by atoms with Crippen molar-refractivity contribution < 1.29 is 9.84 Å². The van der Waals surface area contributed by atoms with E-state index in [2.05, 4.69) is 16.3 Å². The predicted octanol–water partition coefficient (Wildman–Crippen LogP) is 2.46. The standard InChI is InChI=1S/C16H16N4O2/c1-8(2)14-13-12(9-4-3-5-10(21)6-9)11(7-17)15(18)22-16(13)20-19-14/h3-6,8,12,21H,18H2,1-2H3,(H,19,20). The van der Waals surface area contributed by atoms with Crippen LogP contribution in [-0.4, -0.2) is 15.3 Å². The topological polar surface area (TPSA) is 108 Å². The summed E-state index contributed by atoms with van der Waals surface area (Å²) in [6.07, 6.45) is 0. The molecule has 1 unspecified atom stereocenters. The Balaban J connectivity index is 2.26. The number of fused-ring (bicyclic) bond motifs is 1. The number of nitrogens with one attached hydrogen (secondary N) is 1. The minimum Gasteiger partial charge on any atom is -0.508 e. The first-order valence-electron chi connectivity index (χ1n) is 6.97. The van der Waals surface area contributed by atoms with Gasteiger partial charge in [0.25, 0.3) is 0 Å². The first-order valence-corrected chi connectivity index (χ1v) is 6.97. The summed E-state index contributed by atoms with van der Waals surface area (Å²) in [7, 11) is 0. The number of aromatic hydroxyl groups is 1. The van der Waals surface area contributed by atoms with E-state index in [0.29, 0.717) is 11.5 Å². The highest BCUT2D eigenvalue weighted by atomic mass is 16.5. The van der Waals surface area contributed by atoms with Crippen molar-refractivity contribution in [3.8, 4) is 17.7 Å². The molecule has 0 saturated carbocycles. The molecule has 2 heterocycles. The number of benzene rings is 1. The Morgan fingerprint density at radius 1 is 1.45 bits per heavy atom. The number of hydrogen-bond acceptors (Lipinski definition) is 5. The highest BCUT2D eigenvalue weighted by Crippen LogP contribution is 2.44. The van der Waals surface area contributed by atoms with E-state index in [4.69, 9.17) is 10.5 Å². The Bertz CT molecular complexity index is 799. The van der Waals surface area contributed by atoms with Gasteiger partial charge >= 0.3 is 0 Å². The van der Waals surface area contributed by atoms with Gasteiger partial charge in [0.15, 0.2) is 0 Å². The molecule has 0 amide bonds. The molecule has 0 bridgehead atoms. The second kappa shape index (κ2) is 5.11. The Morgan fingerprint density at radius 3 is 2.86 bits per heavy atom. The molecule has 2 aromatic rings. The molecular weight excluding hydrogens is 280 g/mol. The summed E-state index contributed by atoms with van der Waals surface area (Å²) >= 11 is 0. The van der Waals surface area contributed by atoms with Gasteiger partial charge in [0.2, 0.25) is 11.8 Å². The number of allylic oxidation sites excluding steroid dienone is 1. The van der Waals surface area contributed by atoms with E-state index >= 15 is 0 Å². The molecule has 1 atom stereocenters. The lowest BCUT2D eigenvalue weighted by Gasteiger charge is -2.24. The Kier molecular flexibility index (Phi) is 3.26. The molecule has 112 valence electrons. The van der Waals surface area contributed by atoms with Crippen LogP contribution < -0.4 is 10.5 Å². The first-order chi connectivity index (χ1) is 10.5. The lowest BCUT2D eigenvalue weighted by molar-refractivity contribution is 0.378. The van der Waals surface area contributed by atoms with E-state index in [-0.39, 0.29) is 17.6 Å². The van der Waals surface area contributed by atoms with Gasteiger partial charge in [-0.05, 0) is 23.6 Å². The summed E-state index contributed by atoms with van der Waals surface area (Å²) in [6.45, 7) is 4.06. The Morgan fingerprint density at radius 2 is 2.23 bits per heavy atom. The van der Waals surface area contributed by atoms with E-state index < -0.39 is 5.92 Å². The van der Waals surface area contributed by atoms with Gasteiger partial charge in [-0.25, -0.2) is 0 Å². The summed E-state index contributed by atoms with van der Waals surface area (Å²) < 4.78 is 5.48. The van der Waals surface area contributed by atoms with Crippen molar-refractivity contribution in [2.45, 2.75) is 25.7 Å². The van der Waals surface area contributed by atoms with E-state index in [1.54, 1.807) is 18.2 Å². The molecular formula is C16H16N4O2. The zero-order chi connectivity index (χ0) is 15.9. The van der Waals surface area contributed by atoms with E-state index in [1.807, 2.05) is 19.9 Å². The van der Waals surface area contributed by atoms with Crippen LogP contribution in [0.15, 0.2) is 35.7 Å². The molecule has 1 aromatic heterocycles. The molecule has 6 nitrogen and oxygen atoms in total. The monoisotopic (exact) mass is 296 g/mol. The van der Waals surface area contributed by atoms with Crippen LogP contribution in [0.1, 0.15) is 42.5 Å². The number of phenolic OH excluding ortho intramolecular Hbond substituents is 1. The largest absolute Gasteiger partial charge is 0.508 e. The number of rotatable bonds is 2. The van der Waals surface area contributed by atoms with Crippen molar-refractivity contribution >= 4 is 0 Å². The molecule has 6 heteroatoms. The average Bonchev–Trinajstić information content (AvgIpc) is 2.89. The summed E-state index contributed by atoms with van der Waals surface area (Å²) in [5.74, 6) is 0.339. The van der Waals surface area contributed by atoms with Crippen molar-refractivity contribution in [2.75, 3.05) is 0 Å². The van der Waals surface area contributed by atoms with Gasteiger partial charge in [0, 0.05) is 5.69 Å². The maximum absolute atomic E-state index is 9.76. The van der Waals surface area contributed by atoms with Gasteiger partial charge in [-0.3, -0.25) is 5.10 Å². The minimum atomic E-state index is -0.406. The van der Waals surface area contributed by atoms with Crippen molar-refractivity contribution in [3.05, 3.63) is 52.5 Å². The molecule has 1 aliphatic heterocycles. The number of H-pyrrole nitrogens is 1. The van der Waals surface area contributed by atoms with Gasteiger partial charge < -0.3 is 15.6 Å². The fourth-order valence-electron chi connectivity index (χ4n) is 2.75. The average molecular weight is 296 g/mol. The lowest BCUT2D eigenvalue weighted by atomic mass is 9.82. The van der Waals surface area contributed by atoms with Crippen LogP contribution in [0.25, 0.3) is 0 Å². The number of phenols is 1. The fourth-order valence-corrected chi connectivity index (χ4v) is 2.75. The number of aromatic amines is 1. The first kappa shape index (κ1) is 14.0. The van der Waals surface area contributed by atoms with Crippen LogP contribution in [-0.2, 0) is 0 Å². The second-order valence-corrected chi connectivity index (χ2v) is 5.53. The van der Waals surface area contributed by atoms with Crippen LogP contribution in [0, 0.1) is 11.3 Å². The highest BCUT2D eigenvalue weighted by Gasteiger charge is 2.35. The number of hydrogen-bond donors (Lipinski definition) is 3.